The number of hydrogen-bond donors (Lipinski definition) is 1. The maximum atomic E-state index is 13.0. The Kier molecular flexibility index (Phi) is 7.35. The number of hydrogen-bond acceptors (Lipinski definition) is 4. The second-order valence-electron chi connectivity index (χ2n) is 8.57. The van der Waals surface area contributed by atoms with Crippen molar-refractivity contribution >= 4 is 32.7 Å². The minimum absolute atomic E-state index is 0.124. The van der Waals surface area contributed by atoms with Crippen LogP contribution in [-0.2, 0) is 27.8 Å². The van der Waals surface area contributed by atoms with Crippen LogP contribution in [0.4, 0.5) is 5.69 Å². The van der Waals surface area contributed by atoms with E-state index in [0.29, 0.717) is 36.3 Å². The Hall–Kier alpha value is -3.15. The van der Waals surface area contributed by atoms with Crippen LogP contribution < -0.4 is 5.32 Å². The number of carbonyl (C=O) groups is 1. The van der Waals surface area contributed by atoms with Gasteiger partial charge >= 0.3 is 0 Å². The number of imidazole rings is 1. The molecular formula is C26H30N4O3S. The number of aromatic nitrogens is 2. The van der Waals surface area contributed by atoms with Gasteiger partial charge in [-0.25, -0.2) is 13.4 Å². The molecule has 2 heterocycles. The summed E-state index contributed by atoms with van der Waals surface area (Å²) in [6.45, 7) is 4.02. The van der Waals surface area contributed by atoms with Gasteiger partial charge in [0.2, 0.25) is 15.9 Å². The molecule has 0 radical (unpaired) electrons. The van der Waals surface area contributed by atoms with Crippen LogP contribution in [0.5, 0.6) is 0 Å². The van der Waals surface area contributed by atoms with Crippen LogP contribution in [0.15, 0.2) is 47.4 Å². The quantitative estimate of drug-likeness (QED) is 0.468. The fourth-order valence-electron chi connectivity index (χ4n) is 4.29. The molecule has 4 rings (SSSR count). The molecule has 1 aliphatic heterocycles. The summed E-state index contributed by atoms with van der Waals surface area (Å²) in [5.74, 6) is 3.22. The number of carbonyl (C=O) groups excluding carboxylic acids is 1. The largest absolute Gasteiger partial charge is 0.328 e. The molecular weight excluding hydrogens is 448 g/mol. The van der Waals surface area contributed by atoms with Crippen LogP contribution in [0.25, 0.3) is 11.0 Å². The normalized spacial score (nSPS) is 14.4. The number of fused-ring (bicyclic) bond motifs is 1. The van der Waals surface area contributed by atoms with Gasteiger partial charge in [-0.1, -0.05) is 25.3 Å². The van der Waals surface area contributed by atoms with E-state index in [1.165, 1.54) is 0 Å². The zero-order valence-corrected chi connectivity index (χ0v) is 20.3. The fraction of sp³-hybridized carbons (Fsp3) is 0.385. The molecule has 0 aliphatic carbocycles. The van der Waals surface area contributed by atoms with E-state index < -0.39 is 10.0 Å². The van der Waals surface area contributed by atoms with Gasteiger partial charge in [0.15, 0.2) is 0 Å². The van der Waals surface area contributed by atoms with E-state index in [2.05, 4.69) is 22.7 Å². The van der Waals surface area contributed by atoms with Crippen molar-refractivity contribution in [1.82, 2.24) is 13.9 Å². The highest BCUT2D eigenvalue weighted by Gasteiger charge is 2.28. The van der Waals surface area contributed by atoms with Gasteiger partial charge in [-0.3, -0.25) is 4.79 Å². The number of rotatable bonds is 9. The zero-order chi connectivity index (χ0) is 24.1. The number of unbranched alkanes of at least 4 members (excludes halogenated alkanes) is 1. The Morgan fingerprint density at radius 1 is 1.18 bits per heavy atom. The molecule has 1 saturated heterocycles. The van der Waals surface area contributed by atoms with Gasteiger partial charge < -0.3 is 9.88 Å². The van der Waals surface area contributed by atoms with E-state index >= 15 is 0 Å². The lowest BCUT2D eigenvalue weighted by Gasteiger charge is -2.15. The Labute approximate surface area is 201 Å². The first-order chi connectivity index (χ1) is 16.4. The summed E-state index contributed by atoms with van der Waals surface area (Å²) in [5, 5.41) is 2.89. The van der Waals surface area contributed by atoms with Gasteiger partial charge in [0, 0.05) is 43.7 Å². The molecule has 178 valence electrons. The van der Waals surface area contributed by atoms with Crippen molar-refractivity contribution in [2.75, 3.05) is 18.4 Å². The first-order valence-corrected chi connectivity index (χ1v) is 13.2. The van der Waals surface area contributed by atoms with Gasteiger partial charge in [-0.05, 0) is 55.7 Å². The van der Waals surface area contributed by atoms with Gasteiger partial charge in [0.1, 0.15) is 5.82 Å². The summed E-state index contributed by atoms with van der Waals surface area (Å²) in [7, 11) is -3.51. The SMILES string of the molecule is C#Cc1cccc(NC(=O)CCc2nc3cc(S(=O)(=O)N4CCCC4)ccc3n2CCCC)c1. The summed E-state index contributed by atoms with van der Waals surface area (Å²) >= 11 is 0. The third-order valence-electron chi connectivity index (χ3n) is 6.13. The molecule has 2 aromatic carbocycles. The number of aryl methyl sites for hydroxylation is 2. The summed E-state index contributed by atoms with van der Waals surface area (Å²) in [6, 6.07) is 12.4. The number of nitrogens with zero attached hydrogens (tertiary/aromatic N) is 3. The number of benzene rings is 2. The van der Waals surface area contributed by atoms with Crippen molar-refractivity contribution in [2.24, 2.45) is 0 Å². The van der Waals surface area contributed by atoms with E-state index in [0.717, 1.165) is 43.6 Å². The zero-order valence-electron chi connectivity index (χ0n) is 19.5. The summed E-state index contributed by atoms with van der Waals surface area (Å²) in [6.07, 6.45) is 9.93. The first kappa shape index (κ1) is 24.0. The van der Waals surface area contributed by atoms with Crippen LogP contribution in [0.3, 0.4) is 0 Å². The minimum Gasteiger partial charge on any atom is -0.328 e. The monoisotopic (exact) mass is 478 g/mol. The maximum Gasteiger partial charge on any atom is 0.243 e. The van der Waals surface area contributed by atoms with Gasteiger partial charge in [0.05, 0.1) is 15.9 Å². The highest BCUT2D eigenvalue weighted by Crippen LogP contribution is 2.26. The smallest absolute Gasteiger partial charge is 0.243 e. The number of anilines is 1. The molecule has 3 aromatic rings. The van der Waals surface area contributed by atoms with E-state index in [4.69, 9.17) is 11.4 Å². The van der Waals surface area contributed by atoms with Crippen molar-refractivity contribution < 1.29 is 13.2 Å². The molecule has 1 aliphatic rings. The average Bonchev–Trinajstić information content (AvgIpc) is 3.50. The van der Waals surface area contributed by atoms with Crippen molar-refractivity contribution in [3.63, 3.8) is 0 Å². The van der Waals surface area contributed by atoms with Crippen LogP contribution >= 0.6 is 0 Å². The van der Waals surface area contributed by atoms with Gasteiger partial charge in [-0.2, -0.15) is 4.31 Å². The average molecular weight is 479 g/mol. The molecule has 7 nitrogen and oxygen atoms in total. The summed E-state index contributed by atoms with van der Waals surface area (Å²) in [4.78, 5) is 17.6. The molecule has 1 aromatic heterocycles. The van der Waals surface area contributed by atoms with E-state index in [9.17, 15) is 13.2 Å². The number of terminal acetylenes is 1. The molecule has 1 fully saturated rings. The first-order valence-electron chi connectivity index (χ1n) is 11.8. The number of nitrogens with one attached hydrogen (secondary N) is 1. The molecule has 0 atom stereocenters. The fourth-order valence-corrected chi connectivity index (χ4v) is 5.83. The standard InChI is InChI=1S/C26H30N4O3S/c1-3-5-17-30-24-12-11-22(34(32,33)29-15-6-7-16-29)19-23(24)28-25(30)13-14-26(31)27-21-10-8-9-20(4-2)18-21/h2,8-12,18-19H,3,5-7,13-17H2,1H3,(H,27,31). The van der Waals surface area contributed by atoms with Crippen molar-refractivity contribution in [2.45, 2.75) is 56.9 Å². The predicted molar refractivity (Wildman–Crippen MR) is 134 cm³/mol. The second kappa shape index (κ2) is 10.4. The Morgan fingerprint density at radius 2 is 1.97 bits per heavy atom. The molecule has 1 N–H and O–H groups in total. The molecule has 1 amide bonds. The summed E-state index contributed by atoms with van der Waals surface area (Å²) in [5.41, 5.74) is 2.91. The third-order valence-corrected chi connectivity index (χ3v) is 8.02. The number of amides is 1. The second-order valence-corrected chi connectivity index (χ2v) is 10.5. The minimum atomic E-state index is -3.51. The third kappa shape index (κ3) is 5.16. The van der Waals surface area contributed by atoms with Crippen molar-refractivity contribution in [3.05, 3.63) is 53.9 Å². The van der Waals surface area contributed by atoms with Gasteiger partial charge in [-0.15, -0.1) is 6.42 Å². The van der Waals surface area contributed by atoms with E-state index in [-0.39, 0.29) is 17.2 Å². The van der Waals surface area contributed by atoms with Crippen LogP contribution in [0.2, 0.25) is 0 Å². The maximum absolute atomic E-state index is 13.0. The Bertz CT molecular complexity index is 1330. The molecule has 34 heavy (non-hydrogen) atoms. The van der Waals surface area contributed by atoms with Crippen molar-refractivity contribution in [3.8, 4) is 12.3 Å². The predicted octanol–water partition coefficient (Wildman–Crippen LogP) is 4.17. The van der Waals surface area contributed by atoms with Crippen LogP contribution in [-0.4, -0.2) is 41.3 Å². The molecule has 0 bridgehead atoms. The molecule has 0 spiro atoms. The lowest BCUT2D eigenvalue weighted by atomic mass is 10.2. The molecule has 8 heteroatoms. The topological polar surface area (TPSA) is 84.3 Å². The van der Waals surface area contributed by atoms with E-state index in [1.54, 1.807) is 28.6 Å². The van der Waals surface area contributed by atoms with E-state index in [1.807, 2.05) is 18.2 Å². The summed E-state index contributed by atoms with van der Waals surface area (Å²) < 4.78 is 29.7. The lowest BCUT2D eigenvalue weighted by Crippen LogP contribution is -2.27. The highest BCUT2D eigenvalue weighted by atomic mass is 32.2. The van der Waals surface area contributed by atoms with Crippen LogP contribution in [0.1, 0.15) is 50.4 Å². The van der Waals surface area contributed by atoms with Crippen molar-refractivity contribution in [1.29, 1.82) is 0 Å². The Morgan fingerprint density at radius 3 is 2.71 bits per heavy atom. The highest BCUT2D eigenvalue weighted by molar-refractivity contribution is 7.89. The number of sulfonamides is 1. The lowest BCUT2D eigenvalue weighted by molar-refractivity contribution is -0.116. The Balaban J connectivity index is 1.55. The molecule has 0 saturated carbocycles. The van der Waals surface area contributed by atoms with Gasteiger partial charge in [0.25, 0.3) is 0 Å². The molecule has 0 unspecified atom stereocenters. The van der Waals surface area contributed by atoms with Crippen LogP contribution in [0, 0.1) is 12.3 Å².